The molecule has 0 amide bonds. The van der Waals surface area contributed by atoms with Gasteiger partial charge in [-0.05, 0) is 23.6 Å². The van der Waals surface area contributed by atoms with Gasteiger partial charge in [0.1, 0.15) is 0 Å². The van der Waals surface area contributed by atoms with Crippen molar-refractivity contribution in [1.29, 1.82) is 0 Å². The second-order valence-electron chi connectivity index (χ2n) is 5.68. The molecule has 2 unspecified atom stereocenters. The van der Waals surface area contributed by atoms with Crippen molar-refractivity contribution in [3.8, 4) is 0 Å². The molecule has 1 aliphatic heterocycles. The highest BCUT2D eigenvalue weighted by molar-refractivity contribution is 6.31. The van der Waals surface area contributed by atoms with Crippen LogP contribution in [0.25, 0.3) is 0 Å². The summed E-state index contributed by atoms with van der Waals surface area (Å²) in [7, 11) is 0. The van der Waals surface area contributed by atoms with Crippen molar-refractivity contribution in [3.05, 3.63) is 70.2 Å². The Morgan fingerprint density at radius 2 is 1.86 bits per heavy atom. The van der Waals surface area contributed by atoms with Gasteiger partial charge in [0.2, 0.25) is 0 Å². The number of hydrogen-bond acceptors (Lipinski definition) is 3. The van der Waals surface area contributed by atoms with Gasteiger partial charge in [-0.2, -0.15) is 0 Å². The number of halogens is 1. The molecule has 0 bridgehead atoms. The SMILES string of the molecule is OCC1c2ccccc2CCN1CC(O)c1ccccc1Cl. The van der Waals surface area contributed by atoms with E-state index in [1.54, 1.807) is 6.07 Å². The monoisotopic (exact) mass is 317 g/mol. The molecule has 0 aromatic heterocycles. The van der Waals surface area contributed by atoms with Crippen LogP contribution in [0.1, 0.15) is 28.8 Å². The zero-order chi connectivity index (χ0) is 15.5. The lowest BCUT2D eigenvalue weighted by Crippen LogP contribution is -2.39. The fourth-order valence-corrected chi connectivity index (χ4v) is 3.46. The van der Waals surface area contributed by atoms with Crippen LogP contribution in [0.4, 0.5) is 0 Å². The van der Waals surface area contributed by atoms with E-state index in [4.69, 9.17) is 11.6 Å². The average molecular weight is 318 g/mol. The van der Waals surface area contributed by atoms with E-state index >= 15 is 0 Å². The molecule has 4 heteroatoms. The minimum Gasteiger partial charge on any atom is -0.394 e. The third-order valence-corrected chi connectivity index (χ3v) is 4.71. The molecule has 116 valence electrons. The van der Waals surface area contributed by atoms with Crippen molar-refractivity contribution < 1.29 is 10.2 Å². The Balaban J connectivity index is 1.80. The Kier molecular flexibility index (Phi) is 4.79. The van der Waals surface area contributed by atoms with E-state index in [1.165, 1.54) is 5.56 Å². The normalized spacial score (nSPS) is 19.7. The van der Waals surface area contributed by atoms with E-state index < -0.39 is 6.10 Å². The van der Waals surface area contributed by atoms with E-state index in [1.807, 2.05) is 30.3 Å². The summed E-state index contributed by atoms with van der Waals surface area (Å²) in [6, 6.07) is 15.5. The van der Waals surface area contributed by atoms with E-state index in [9.17, 15) is 10.2 Å². The molecule has 0 saturated heterocycles. The second kappa shape index (κ2) is 6.80. The second-order valence-corrected chi connectivity index (χ2v) is 6.09. The summed E-state index contributed by atoms with van der Waals surface area (Å²) in [4.78, 5) is 2.14. The number of nitrogens with zero attached hydrogens (tertiary/aromatic N) is 1. The van der Waals surface area contributed by atoms with Gasteiger partial charge in [-0.15, -0.1) is 0 Å². The largest absolute Gasteiger partial charge is 0.394 e. The van der Waals surface area contributed by atoms with E-state index in [0.717, 1.165) is 24.1 Å². The van der Waals surface area contributed by atoms with Gasteiger partial charge in [-0.25, -0.2) is 0 Å². The summed E-state index contributed by atoms with van der Waals surface area (Å²) in [5, 5.41) is 20.9. The Morgan fingerprint density at radius 3 is 2.64 bits per heavy atom. The maximum absolute atomic E-state index is 10.5. The summed E-state index contributed by atoms with van der Waals surface area (Å²) in [5.74, 6) is 0. The molecule has 1 aliphatic rings. The van der Waals surface area contributed by atoms with Crippen LogP contribution < -0.4 is 0 Å². The lowest BCUT2D eigenvalue weighted by molar-refractivity contribution is 0.0562. The number of β-amino-alcohol motifs (C(OH)–C–C–N with tert-alkyl or cyclic N) is 1. The first-order valence-electron chi connectivity index (χ1n) is 7.56. The van der Waals surface area contributed by atoms with Gasteiger partial charge in [0, 0.05) is 23.7 Å². The highest BCUT2D eigenvalue weighted by atomic mass is 35.5. The Bertz CT molecular complexity index is 646. The van der Waals surface area contributed by atoms with E-state index in [0.29, 0.717) is 11.6 Å². The van der Waals surface area contributed by atoms with Crippen LogP contribution in [0.2, 0.25) is 5.02 Å². The molecule has 3 nitrogen and oxygen atoms in total. The van der Waals surface area contributed by atoms with Gasteiger partial charge in [0.05, 0.1) is 18.8 Å². The van der Waals surface area contributed by atoms with Crippen molar-refractivity contribution >= 4 is 11.6 Å². The van der Waals surface area contributed by atoms with Gasteiger partial charge in [0.15, 0.2) is 0 Å². The molecule has 0 fully saturated rings. The predicted octanol–water partition coefficient (Wildman–Crippen LogP) is 2.97. The molecule has 0 aliphatic carbocycles. The molecule has 2 aromatic carbocycles. The number of benzene rings is 2. The Morgan fingerprint density at radius 1 is 1.14 bits per heavy atom. The highest BCUT2D eigenvalue weighted by Gasteiger charge is 2.28. The minimum atomic E-state index is -0.659. The average Bonchev–Trinajstić information content (AvgIpc) is 2.55. The van der Waals surface area contributed by atoms with Crippen LogP contribution >= 0.6 is 11.6 Å². The lowest BCUT2D eigenvalue weighted by Gasteiger charge is -2.37. The van der Waals surface area contributed by atoms with Gasteiger partial charge in [0.25, 0.3) is 0 Å². The van der Waals surface area contributed by atoms with Crippen LogP contribution in [-0.2, 0) is 6.42 Å². The summed E-state index contributed by atoms with van der Waals surface area (Å²) in [6.45, 7) is 1.33. The molecule has 2 aromatic rings. The fraction of sp³-hybridized carbons (Fsp3) is 0.333. The van der Waals surface area contributed by atoms with Crippen molar-refractivity contribution in [3.63, 3.8) is 0 Å². The van der Waals surface area contributed by atoms with Crippen LogP contribution in [0.5, 0.6) is 0 Å². The molecule has 2 atom stereocenters. The summed E-state index contributed by atoms with van der Waals surface area (Å²) in [5.41, 5.74) is 3.17. The number of aliphatic hydroxyl groups is 2. The number of aliphatic hydroxyl groups excluding tert-OH is 2. The van der Waals surface area contributed by atoms with Crippen LogP contribution in [0.3, 0.4) is 0 Å². The quantitative estimate of drug-likeness (QED) is 0.911. The third kappa shape index (κ3) is 3.03. The zero-order valence-corrected chi connectivity index (χ0v) is 13.1. The van der Waals surface area contributed by atoms with Gasteiger partial charge < -0.3 is 10.2 Å². The van der Waals surface area contributed by atoms with Crippen LogP contribution in [0, 0.1) is 0 Å². The molecular formula is C18H20ClNO2. The first-order chi connectivity index (χ1) is 10.7. The third-order valence-electron chi connectivity index (χ3n) is 4.37. The van der Waals surface area contributed by atoms with Crippen LogP contribution in [-0.4, -0.2) is 34.8 Å². The first kappa shape index (κ1) is 15.5. The van der Waals surface area contributed by atoms with Crippen molar-refractivity contribution in [1.82, 2.24) is 4.90 Å². The van der Waals surface area contributed by atoms with Crippen molar-refractivity contribution in [2.45, 2.75) is 18.6 Å². The molecule has 0 spiro atoms. The molecule has 0 radical (unpaired) electrons. The van der Waals surface area contributed by atoms with Gasteiger partial charge in [-0.3, -0.25) is 4.90 Å². The number of fused-ring (bicyclic) bond motifs is 1. The Labute approximate surface area is 135 Å². The topological polar surface area (TPSA) is 43.7 Å². The molecule has 0 saturated carbocycles. The molecule has 3 rings (SSSR count). The van der Waals surface area contributed by atoms with Gasteiger partial charge in [-0.1, -0.05) is 54.1 Å². The molecule has 2 N–H and O–H groups in total. The van der Waals surface area contributed by atoms with Crippen LogP contribution in [0.15, 0.2) is 48.5 Å². The zero-order valence-electron chi connectivity index (χ0n) is 12.3. The summed E-state index contributed by atoms with van der Waals surface area (Å²) >= 11 is 6.16. The van der Waals surface area contributed by atoms with E-state index in [-0.39, 0.29) is 12.6 Å². The van der Waals surface area contributed by atoms with Crippen molar-refractivity contribution in [2.75, 3.05) is 19.7 Å². The maximum Gasteiger partial charge on any atom is 0.0931 e. The molecule has 1 heterocycles. The molecular weight excluding hydrogens is 298 g/mol. The molecule has 22 heavy (non-hydrogen) atoms. The maximum atomic E-state index is 10.5. The first-order valence-corrected chi connectivity index (χ1v) is 7.93. The van der Waals surface area contributed by atoms with E-state index in [2.05, 4.69) is 17.0 Å². The Hall–Kier alpha value is -1.39. The minimum absolute atomic E-state index is 0.0479. The fourth-order valence-electron chi connectivity index (χ4n) is 3.20. The lowest BCUT2D eigenvalue weighted by atomic mass is 9.92. The predicted molar refractivity (Wildman–Crippen MR) is 88.0 cm³/mol. The standard InChI is InChI=1S/C18H20ClNO2/c19-16-8-4-3-7-15(16)18(22)11-20-10-9-13-5-1-2-6-14(13)17(20)12-21/h1-8,17-18,21-22H,9-12H2. The van der Waals surface area contributed by atoms with Crippen molar-refractivity contribution in [2.24, 2.45) is 0 Å². The smallest absolute Gasteiger partial charge is 0.0931 e. The highest BCUT2D eigenvalue weighted by Crippen LogP contribution is 2.32. The number of rotatable bonds is 4. The van der Waals surface area contributed by atoms with Gasteiger partial charge >= 0.3 is 0 Å². The summed E-state index contributed by atoms with van der Waals surface area (Å²) in [6.07, 6.45) is 0.273. The number of hydrogen-bond donors (Lipinski definition) is 2. The summed E-state index contributed by atoms with van der Waals surface area (Å²) < 4.78 is 0.